The SMILES string of the molecule is CCCCC[C@H](C)C(=O)C[C@@H](Cc1ccccc1)C(=O)OC. The van der Waals surface area contributed by atoms with Crippen LogP contribution < -0.4 is 0 Å². The molecule has 1 aromatic rings. The molecule has 0 amide bonds. The number of Topliss-reactive ketones (excluding diaryl/α,β-unsaturated/α-hetero) is 1. The standard InChI is InChI=1S/C19H28O3/c1-4-5-7-10-15(2)18(20)14-17(19(21)22-3)13-16-11-8-6-9-12-16/h6,8-9,11-12,15,17H,4-5,7,10,13-14H2,1-3H3/t15-,17+/m0/s1. The fourth-order valence-corrected chi connectivity index (χ4v) is 2.61. The first kappa shape index (κ1) is 18.4. The Morgan fingerprint density at radius 2 is 1.82 bits per heavy atom. The van der Waals surface area contributed by atoms with Crippen LogP contribution in [0.2, 0.25) is 0 Å². The maximum absolute atomic E-state index is 12.4. The molecule has 0 spiro atoms. The number of ketones is 1. The van der Waals surface area contributed by atoms with Crippen molar-refractivity contribution in [2.45, 2.75) is 52.4 Å². The quantitative estimate of drug-likeness (QED) is 0.481. The van der Waals surface area contributed by atoms with Gasteiger partial charge in [0.2, 0.25) is 0 Å². The van der Waals surface area contributed by atoms with Crippen molar-refractivity contribution in [2.24, 2.45) is 11.8 Å². The van der Waals surface area contributed by atoms with E-state index in [9.17, 15) is 9.59 Å². The Bertz CT molecular complexity index is 453. The second-order valence-corrected chi connectivity index (χ2v) is 5.98. The molecule has 0 fully saturated rings. The van der Waals surface area contributed by atoms with E-state index >= 15 is 0 Å². The maximum Gasteiger partial charge on any atom is 0.309 e. The lowest BCUT2D eigenvalue weighted by molar-refractivity contribution is -0.147. The lowest BCUT2D eigenvalue weighted by atomic mass is 9.88. The lowest BCUT2D eigenvalue weighted by Crippen LogP contribution is -2.24. The highest BCUT2D eigenvalue weighted by molar-refractivity contribution is 5.86. The summed E-state index contributed by atoms with van der Waals surface area (Å²) in [4.78, 5) is 24.3. The van der Waals surface area contributed by atoms with Crippen LogP contribution >= 0.6 is 0 Å². The van der Waals surface area contributed by atoms with Crippen LogP contribution in [0.4, 0.5) is 0 Å². The van der Waals surface area contributed by atoms with E-state index in [0.717, 1.165) is 31.2 Å². The molecule has 0 aliphatic heterocycles. The van der Waals surface area contributed by atoms with E-state index in [1.807, 2.05) is 37.3 Å². The van der Waals surface area contributed by atoms with Gasteiger partial charge in [-0.15, -0.1) is 0 Å². The van der Waals surface area contributed by atoms with Gasteiger partial charge in [0.25, 0.3) is 0 Å². The van der Waals surface area contributed by atoms with Crippen molar-refractivity contribution in [3.63, 3.8) is 0 Å². The average molecular weight is 304 g/mol. The molecular formula is C19H28O3. The van der Waals surface area contributed by atoms with Crippen molar-refractivity contribution < 1.29 is 14.3 Å². The Morgan fingerprint density at radius 1 is 1.14 bits per heavy atom. The summed E-state index contributed by atoms with van der Waals surface area (Å²) in [6.45, 7) is 4.12. The molecule has 2 atom stereocenters. The lowest BCUT2D eigenvalue weighted by Gasteiger charge is -2.17. The zero-order chi connectivity index (χ0) is 16.4. The Morgan fingerprint density at radius 3 is 2.41 bits per heavy atom. The number of esters is 1. The molecule has 3 nitrogen and oxygen atoms in total. The number of rotatable bonds is 10. The highest BCUT2D eigenvalue weighted by Crippen LogP contribution is 2.19. The van der Waals surface area contributed by atoms with Gasteiger partial charge in [0.15, 0.2) is 0 Å². The molecule has 122 valence electrons. The van der Waals surface area contributed by atoms with Crippen LogP contribution in [0, 0.1) is 11.8 Å². The van der Waals surface area contributed by atoms with Gasteiger partial charge >= 0.3 is 5.97 Å². The molecule has 0 bridgehead atoms. The number of hydrogen-bond donors (Lipinski definition) is 0. The van der Waals surface area contributed by atoms with E-state index in [1.54, 1.807) is 0 Å². The molecule has 0 aromatic heterocycles. The minimum absolute atomic E-state index is 0.0227. The number of hydrogen-bond acceptors (Lipinski definition) is 3. The van der Waals surface area contributed by atoms with E-state index in [2.05, 4.69) is 6.92 Å². The van der Waals surface area contributed by atoms with E-state index in [-0.39, 0.29) is 30.0 Å². The zero-order valence-electron chi connectivity index (χ0n) is 14.0. The van der Waals surface area contributed by atoms with Crippen molar-refractivity contribution >= 4 is 11.8 Å². The monoisotopic (exact) mass is 304 g/mol. The summed E-state index contributed by atoms with van der Waals surface area (Å²) < 4.78 is 4.87. The molecule has 1 rings (SSSR count). The van der Waals surface area contributed by atoms with Gasteiger partial charge in [0.1, 0.15) is 5.78 Å². The topological polar surface area (TPSA) is 43.4 Å². The Balaban J connectivity index is 2.61. The predicted octanol–water partition coefficient (Wildman–Crippen LogP) is 4.19. The predicted molar refractivity (Wildman–Crippen MR) is 88.6 cm³/mol. The van der Waals surface area contributed by atoms with E-state index in [4.69, 9.17) is 4.74 Å². The number of methoxy groups -OCH3 is 1. The maximum atomic E-state index is 12.4. The minimum Gasteiger partial charge on any atom is -0.469 e. The molecule has 0 aliphatic carbocycles. The summed E-state index contributed by atoms with van der Waals surface area (Å²) in [5, 5.41) is 0. The molecule has 1 aromatic carbocycles. The Labute approximate surface area is 134 Å². The smallest absolute Gasteiger partial charge is 0.309 e. The van der Waals surface area contributed by atoms with Gasteiger partial charge in [-0.1, -0.05) is 63.4 Å². The fraction of sp³-hybridized carbons (Fsp3) is 0.579. The number of benzene rings is 1. The first-order chi connectivity index (χ1) is 10.6. The molecule has 0 radical (unpaired) electrons. The molecule has 0 aliphatic rings. The summed E-state index contributed by atoms with van der Waals surface area (Å²) in [6.07, 6.45) is 5.12. The van der Waals surface area contributed by atoms with Gasteiger partial charge in [-0.3, -0.25) is 9.59 Å². The van der Waals surface area contributed by atoms with Crippen molar-refractivity contribution in [3.8, 4) is 0 Å². The highest BCUT2D eigenvalue weighted by Gasteiger charge is 2.25. The third kappa shape index (κ3) is 6.42. The largest absolute Gasteiger partial charge is 0.469 e. The average Bonchev–Trinajstić information content (AvgIpc) is 2.54. The number of ether oxygens (including phenoxy) is 1. The van der Waals surface area contributed by atoms with Crippen molar-refractivity contribution in [3.05, 3.63) is 35.9 Å². The summed E-state index contributed by atoms with van der Waals surface area (Å²) in [7, 11) is 1.38. The molecule has 22 heavy (non-hydrogen) atoms. The molecule has 0 heterocycles. The van der Waals surface area contributed by atoms with Crippen molar-refractivity contribution in [1.82, 2.24) is 0 Å². The van der Waals surface area contributed by atoms with Gasteiger partial charge < -0.3 is 4.74 Å². The number of unbranched alkanes of at least 4 members (excludes halogenated alkanes) is 2. The van der Waals surface area contributed by atoms with Gasteiger partial charge in [0, 0.05) is 12.3 Å². The summed E-state index contributed by atoms with van der Waals surface area (Å²) in [5.41, 5.74) is 1.06. The first-order valence-corrected chi connectivity index (χ1v) is 8.22. The van der Waals surface area contributed by atoms with E-state index in [1.165, 1.54) is 7.11 Å². The van der Waals surface area contributed by atoms with Crippen LogP contribution in [0.25, 0.3) is 0 Å². The summed E-state index contributed by atoms with van der Waals surface area (Å²) in [6, 6.07) is 9.78. The zero-order valence-corrected chi connectivity index (χ0v) is 14.0. The van der Waals surface area contributed by atoms with Crippen LogP contribution in [-0.4, -0.2) is 18.9 Å². The number of carbonyl (C=O) groups excluding carboxylic acids is 2. The second-order valence-electron chi connectivity index (χ2n) is 5.98. The summed E-state index contributed by atoms with van der Waals surface area (Å²) in [5.74, 6) is -0.483. The second kappa shape index (κ2) is 10.1. The minimum atomic E-state index is -0.381. The van der Waals surface area contributed by atoms with Gasteiger partial charge in [-0.2, -0.15) is 0 Å². The van der Waals surface area contributed by atoms with Crippen molar-refractivity contribution in [1.29, 1.82) is 0 Å². The van der Waals surface area contributed by atoms with E-state index < -0.39 is 0 Å². The Hall–Kier alpha value is -1.64. The molecule has 3 heteroatoms. The van der Waals surface area contributed by atoms with E-state index in [0.29, 0.717) is 6.42 Å². The van der Waals surface area contributed by atoms with Gasteiger partial charge in [-0.05, 0) is 18.4 Å². The Kier molecular flexibility index (Phi) is 8.49. The van der Waals surface area contributed by atoms with Crippen LogP contribution in [0.1, 0.15) is 51.5 Å². The molecule has 0 N–H and O–H groups in total. The third-order valence-corrected chi connectivity index (χ3v) is 4.10. The normalized spacial score (nSPS) is 13.4. The molecule has 0 saturated heterocycles. The number of carbonyl (C=O) groups is 2. The molecule has 0 saturated carbocycles. The summed E-state index contributed by atoms with van der Waals surface area (Å²) >= 11 is 0. The highest BCUT2D eigenvalue weighted by atomic mass is 16.5. The van der Waals surface area contributed by atoms with Gasteiger partial charge in [-0.25, -0.2) is 0 Å². The van der Waals surface area contributed by atoms with Crippen LogP contribution in [0.5, 0.6) is 0 Å². The van der Waals surface area contributed by atoms with Crippen molar-refractivity contribution in [2.75, 3.05) is 7.11 Å². The van der Waals surface area contributed by atoms with Crippen LogP contribution in [0.15, 0.2) is 30.3 Å². The first-order valence-electron chi connectivity index (χ1n) is 8.22. The van der Waals surface area contributed by atoms with Crippen LogP contribution in [0.3, 0.4) is 0 Å². The molecule has 0 unspecified atom stereocenters. The van der Waals surface area contributed by atoms with Crippen LogP contribution in [-0.2, 0) is 20.7 Å². The molecular weight excluding hydrogens is 276 g/mol. The fourth-order valence-electron chi connectivity index (χ4n) is 2.61. The third-order valence-electron chi connectivity index (χ3n) is 4.10. The van der Waals surface area contributed by atoms with Gasteiger partial charge in [0.05, 0.1) is 13.0 Å².